The fraction of sp³-hybridized carbons (Fsp3) is 0.462. The highest BCUT2D eigenvalue weighted by Crippen LogP contribution is 2.49. The zero-order valence-corrected chi connectivity index (χ0v) is 28.7. The van der Waals surface area contributed by atoms with Crippen LogP contribution in [-0.4, -0.2) is 101 Å². The van der Waals surface area contributed by atoms with E-state index < -0.39 is 41.4 Å². The van der Waals surface area contributed by atoms with Crippen LogP contribution in [0.4, 0.5) is 27.8 Å². The summed E-state index contributed by atoms with van der Waals surface area (Å²) in [5, 5.41) is 11.4. The van der Waals surface area contributed by atoms with Gasteiger partial charge < -0.3 is 24.4 Å². The van der Waals surface area contributed by atoms with Crippen LogP contribution >= 0.6 is 0 Å². The first-order valence-electron chi connectivity index (χ1n) is 17.9. The van der Waals surface area contributed by atoms with Crippen LogP contribution in [0, 0.1) is 29.4 Å². The molecule has 2 atom stereocenters. The molecule has 1 amide bonds. The maximum absolute atomic E-state index is 17.0. The number of morpholine rings is 1. The Morgan fingerprint density at radius 3 is 2.51 bits per heavy atom. The van der Waals surface area contributed by atoms with Gasteiger partial charge in [0, 0.05) is 60.0 Å². The molecule has 0 radical (unpaired) electrons. The molecule has 4 heterocycles. The normalized spacial score (nSPS) is 23.1. The third-order valence-corrected chi connectivity index (χ3v) is 11.6. The number of carbonyl (C=O) groups excluding carboxylic acids is 1. The Balaban J connectivity index is 1.12. The largest absolute Gasteiger partial charge is 0.508 e. The lowest BCUT2D eigenvalue weighted by Gasteiger charge is -2.42. The Morgan fingerprint density at radius 2 is 1.83 bits per heavy atom. The topological polar surface area (TPSA) is 91.3 Å². The summed E-state index contributed by atoms with van der Waals surface area (Å²) in [7, 11) is 0. The average molecular weight is 734 g/mol. The highest BCUT2D eigenvalue weighted by molar-refractivity contribution is 6.04. The first-order chi connectivity index (χ1) is 25.4. The molecule has 5 aliphatic rings. The number of phenolic OH excluding ortho intramolecular Hbond substituents is 1. The van der Waals surface area contributed by atoms with Crippen LogP contribution in [0.15, 0.2) is 36.4 Å². The van der Waals surface area contributed by atoms with E-state index in [1.807, 2.05) is 0 Å². The molecule has 276 valence electrons. The van der Waals surface area contributed by atoms with E-state index in [1.165, 1.54) is 12.1 Å². The van der Waals surface area contributed by atoms with Crippen LogP contribution < -0.4 is 9.64 Å². The van der Waals surface area contributed by atoms with E-state index in [-0.39, 0.29) is 64.8 Å². The Hall–Kier alpha value is -4.74. The van der Waals surface area contributed by atoms with Crippen LogP contribution in [0.2, 0.25) is 0 Å². The van der Waals surface area contributed by atoms with Gasteiger partial charge in [-0.05, 0) is 68.2 Å². The second-order valence-corrected chi connectivity index (χ2v) is 15.3. The number of carbonyl (C=O) groups is 1. The number of amides is 1. The Morgan fingerprint density at radius 1 is 1.08 bits per heavy atom. The summed E-state index contributed by atoms with van der Waals surface area (Å²) in [4.78, 5) is 26.5. The molecule has 1 spiro atoms. The van der Waals surface area contributed by atoms with Crippen LogP contribution in [0.25, 0.3) is 32.8 Å². The van der Waals surface area contributed by atoms with Crippen molar-refractivity contribution in [1.82, 2.24) is 19.8 Å². The van der Waals surface area contributed by atoms with Crippen LogP contribution in [0.5, 0.6) is 11.8 Å². The molecule has 2 aliphatic carbocycles. The van der Waals surface area contributed by atoms with Crippen molar-refractivity contribution >= 4 is 33.4 Å². The van der Waals surface area contributed by atoms with Gasteiger partial charge in [-0.3, -0.25) is 9.69 Å². The fourth-order valence-electron chi connectivity index (χ4n) is 8.71. The summed E-state index contributed by atoms with van der Waals surface area (Å²) in [6.07, 6.45) is 5.38. The molecule has 9 rings (SSSR count). The third kappa shape index (κ3) is 5.98. The number of ether oxygens (including phenoxy) is 2. The second kappa shape index (κ2) is 12.1. The van der Waals surface area contributed by atoms with Crippen molar-refractivity contribution < 1.29 is 41.3 Å². The predicted octanol–water partition coefficient (Wildman–Crippen LogP) is 6.18. The SMILES string of the molecule is C#Cc1cccc2cc(O)cc(-c3c(F)cc4c(N5CC6CCC(C5)N6C(=O)C(F)(F)F)nc(OCC5(CN6CCOC7(CC7)C6)CC5)nc4c3F)c12. The average Bonchev–Trinajstić information content (AvgIpc) is 4.04. The molecule has 9 nitrogen and oxygen atoms in total. The van der Waals surface area contributed by atoms with Gasteiger partial charge in [0.25, 0.3) is 0 Å². The van der Waals surface area contributed by atoms with Crippen LogP contribution in [-0.2, 0) is 9.53 Å². The van der Waals surface area contributed by atoms with Gasteiger partial charge in [-0.2, -0.15) is 23.1 Å². The summed E-state index contributed by atoms with van der Waals surface area (Å²) in [6.45, 7) is 3.34. The third-order valence-electron chi connectivity index (χ3n) is 11.6. The molecular weight excluding hydrogens is 697 g/mol. The molecule has 1 N–H and O–H groups in total. The summed E-state index contributed by atoms with van der Waals surface area (Å²) >= 11 is 0. The highest BCUT2D eigenvalue weighted by Gasteiger charge is 2.53. The number of benzene rings is 3. The molecule has 2 unspecified atom stereocenters. The van der Waals surface area contributed by atoms with Crippen molar-refractivity contribution in [2.75, 3.05) is 50.8 Å². The van der Waals surface area contributed by atoms with Gasteiger partial charge >= 0.3 is 18.1 Å². The lowest BCUT2D eigenvalue weighted by Crippen LogP contribution is -2.59. The monoisotopic (exact) mass is 733 g/mol. The van der Waals surface area contributed by atoms with Crippen molar-refractivity contribution in [3.05, 3.63) is 53.6 Å². The maximum atomic E-state index is 17.0. The molecule has 2 saturated carbocycles. The van der Waals surface area contributed by atoms with Crippen LogP contribution in [0.1, 0.15) is 44.1 Å². The van der Waals surface area contributed by atoms with E-state index >= 15 is 8.78 Å². The number of halogens is 5. The minimum Gasteiger partial charge on any atom is -0.508 e. The maximum Gasteiger partial charge on any atom is 0.471 e. The number of rotatable bonds is 7. The van der Waals surface area contributed by atoms with Crippen molar-refractivity contribution in [2.45, 2.75) is 62.4 Å². The van der Waals surface area contributed by atoms with E-state index in [0.717, 1.165) is 56.3 Å². The van der Waals surface area contributed by atoms with E-state index in [1.54, 1.807) is 23.1 Å². The van der Waals surface area contributed by atoms with Crippen molar-refractivity contribution in [2.24, 2.45) is 5.41 Å². The molecule has 53 heavy (non-hydrogen) atoms. The van der Waals surface area contributed by atoms with E-state index in [4.69, 9.17) is 15.9 Å². The Labute approximate surface area is 301 Å². The number of fused-ring (bicyclic) bond motifs is 4. The Kier molecular flexibility index (Phi) is 7.80. The van der Waals surface area contributed by atoms with Crippen molar-refractivity contribution in [3.8, 4) is 35.2 Å². The number of anilines is 1. The number of nitrogens with zero attached hydrogens (tertiary/aromatic N) is 5. The number of terminal acetylenes is 1. The van der Waals surface area contributed by atoms with Gasteiger partial charge in [-0.15, -0.1) is 6.42 Å². The molecule has 4 aromatic rings. The Bertz CT molecular complexity index is 2200. The zero-order chi connectivity index (χ0) is 36.9. The van der Waals surface area contributed by atoms with Gasteiger partial charge in [0.2, 0.25) is 0 Å². The number of phenols is 1. The van der Waals surface area contributed by atoms with E-state index in [9.17, 15) is 23.1 Å². The molecular formula is C39H36F5N5O4. The summed E-state index contributed by atoms with van der Waals surface area (Å²) in [5.74, 6) is -1.47. The van der Waals surface area contributed by atoms with E-state index in [0.29, 0.717) is 35.8 Å². The molecule has 3 saturated heterocycles. The highest BCUT2D eigenvalue weighted by atomic mass is 19.4. The number of aromatic hydroxyl groups is 1. The zero-order valence-electron chi connectivity index (χ0n) is 28.7. The molecule has 5 fully saturated rings. The van der Waals surface area contributed by atoms with Crippen molar-refractivity contribution in [3.63, 3.8) is 0 Å². The van der Waals surface area contributed by atoms with Gasteiger partial charge in [0.15, 0.2) is 5.82 Å². The van der Waals surface area contributed by atoms with Gasteiger partial charge in [-0.1, -0.05) is 18.1 Å². The number of hydrogen-bond acceptors (Lipinski definition) is 8. The number of hydrogen-bond donors (Lipinski definition) is 1. The fourth-order valence-corrected chi connectivity index (χ4v) is 8.71. The minimum absolute atomic E-state index is 0.00286. The minimum atomic E-state index is -5.02. The van der Waals surface area contributed by atoms with Crippen LogP contribution in [0.3, 0.4) is 0 Å². The molecule has 3 aliphatic heterocycles. The van der Waals surface area contributed by atoms with E-state index in [2.05, 4.69) is 20.8 Å². The summed E-state index contributed by atoms with van der Waals surface area (Å²) in [6, 6.07) is 7.10. The molecule has 3 aromatic carbocycles. The lowest BCUT2D eigenvalue weighted by atomic mass is 9.93. The first kappa shape index (κ1) is 34.1. The van der Waals surface area contributed by atoms with Crippen molar-refractivity contribution in [1.29, 1.82) is 0 Å². The van der Waals surface area contributed by atoms with Gasteiger partial charge in [-0.25, -0.2) is 8.78 Å². The molecule has 14 heteroatoms. The smallest absolute Gasteiger partial charge is 0.471 e. The van der Waals surface area contributed by atoms with Gasteiger partial charge in [0.1, 0.15) is 22.9 Å². The summed E-state index contributed by atoms with van der Waals surface area (Å²) in [5.41, 5.74) is -0.517. The number of piperazine rings is 1. The first-order valence-corrected chi connectivity index (χ1v) is 17.9. The predicted molar refractivity (Wildman–Crippen MR) is 185 cm³/mol. The number of alkyl halides is 3. The molecule has 2 bridgehead atoms. The molecule has 1 aromatic heterocycles. The standard InChI is InChI=1S/C39H36F5N5O4/c1-2-22-4-3-5-23-14-26(50)15-27(30(22)23)31-29(40)16-28-33(32(31)41)45-36(52-21-37(8-9-37)19-47-12-13-53-38(20-47)10-11-38)46-34(28)48-17-24-6-7-25(18-48)49(24)35(51)39(42,43)44/h1,3-5,14-16,24-25,50H,6-13,17-21H2. The number of aromatic nitrogens is 2. The lowest BCUT2D eigenvalue weighted by molar-refractivity contribution is -0.188. The van der Waals surface area contributed by atoms with Gasteiger partial charge in [0.05, 0.1) is 36.5 Å². The quantitative estimate of drug-likeness (QED) is 0.178. The summed E-state index contributed by atoms with van der Waals surface area (Å²) < 4.78 is 86.3. The second-order valence-electron chi connectivity index (χ2n) is 15.3.